The van der Waals surface area contributed by atoms with Gasteiger partial charge in [-0.1, -0.05) is 0 Å². The van der Waals surface area contributed by atoms with Crippen LogP contribution in [0.25, 0.3) is 9.95 Å². The molecule has 0 radical (unpaired) electrons. The molecule has 0 aliphatic carbocycles. The van der Waals surface area contributed by atoms with Gasteiger partial charge in [0.2, 0.25) is 16.5 Å². The average Bonchev–Trinajstić information content (AvgIpc) is 2.75. The third-order valence-electron chi connectivity index (χ3n) is 4.10. The summed E-state index contributed by atoms with van der Waals surface area (Å²) >= 11 is 0. The molecule has 3 aromatic rings. The molecule has 1 N–H and O–H groups in total. The van der Waals surface area contributed by atoms with Crippen LogP contribution in [0.15, 0.2) is 70.9 Å². The molecule has 0 atom stereocenters. The maximum absolute atomic E-state index is 9.10. The summed E-state index contributed by atoms with van der Waals surface area (Å²) in [7, 11) is 0. The summed E-state index contributed by atoms with van der Waals surface area (Å²) in [4.78, 5) is 6.37. The molecule has 0 bridgehead atoms. The predicted octanol–water partition coefficient (Wildman–Crippen LogP) is 4.52. The maximum atomic E-state index is 9.10. The number of nitrogens with one attached hydrogen (secondary N) is 1. The Bertz CT molecular complexity index is 1120. The van der Waals surface area contributed by atoms with Crippen LogP contribution in [0, 0.1) is 17.7 Å². The zero-order valence-corrected chi connectivity index (χ0v) is 20.9. The fourth-order valence-corrected chi connectivity index (χ4v) is 2.62. The molecule has 0 unspecified atom stereocenters. The Kier molecular flexibility index (Phi) is 10.2. The monoisotopic (exact) mass is 484 g/mol. The van der Waals surface area contributed by atoms with Gasteiger partial charge in [-0.3, -0.25) is 0 Å². The van der Waals surface area contributed by atoms with Crippen molar-refractivity contribution in [3.63, 3.8) is 0 Å². The number of ether oxygens (including phenoxy) is 1. The fourth-order valence-electron chi connectivity index (χ4n) is 2.62. The standard InChI is InChI=1S/C21H19N7O.ClH.Zn/c1-3-29-21-13-19(14(2)12-20(21)26-23)28-27-18-10-6-16(7-11-18)24-15-4-8-17(25-22)9-5-15;;/h4-13,24H,3H2,1-2H3;1H;/q+2;;+2/p-1. The maximum Gasteiger partial charge on any atom is 2.00 e. The summed E-state index contributed by atoms with van der Waals surface area (Å²) < 4.78 is 5.48. The van der Waals surface area contributed by atoms with Crippen molar-refractivity contribution in [2.24, 2.45) is 10.2 Å². The fraction of sp³-hybridized carbons (Fsp3) is 0.143. The number of hydrogen-bond donors (Lipinski definition) is 1. The van der Waals surface area contributed by atoms with Gasteiger partial charge in [-0.15, -0.1) is 0 Å². The van der Waals surface area contributed by atoms with Crippen LogP contribution in [-0.4, -0.2) is 6.61 Å². The first kappa shape index (κ1) is 25.6. The van der Waals surface area contributed by atoms with E-state index in [4.69, 9.17) is 15.5 Å². The van der Waals surface area contributed by atoms with Crippen LogP contribution in [0.1, 0.15) is 12.5 Å². The van der Waals surface area contributed by atoms with Crippen LogP contribution >= 0.6 is 0 Å². The number of anilines is 2. The topological polar surface area (TPSA) is 102 Å². The minimum absolute atomic E-state index is 0. The SMILES string of the molecule is CCOc1cc(N=Nc2ccc(Nc3ccc([N+]#N)cc3)cc2)c(C)cc1[N+]#N.[Cl-].[Zn+2]. The Morgan fingerprint density at radius 3 is 2.06 bits per heavy atom. The molecule has 8 nitrogen and oxygen atoms in total. The molecule has 0 aromatic heterocycles. The van der Waals surface area contributed by atoms with Crippen LogP contribution in [0.3, 0.4) is 0 Å². The Morgan fingerprint density at radius 2 is 1.52 bits per heavy atom. The van der Waals surface area contributed by atoms with Crippen molar-refractivity contribution in [2.45, 2.75) is 13.8 Å². The van der Waals surface area contributed by atoms with Gasteiger partial charge in [0.05, 0.1) is 18.0 Å². The molecule has 31 heavy (non-hydrogen) atoms. The van der Waals surface area contributed by atoms with E-state index in [1.807, 2.05) is 50.2 Å². The van der Waals surface area contributed by atoms with Crippen LogP contribution in [-0.2, 0) is 19.5 Å². The molecule has 0 saturated carbocycles. The zero-order chi connectivity index (χ0) is 20.6. The first-order chi connectivity index (χ1) is 14.1. The smallest absolute Gasteiger partial charge is 1.00 e. The molecule has 10 heteroatoms. The van der Waals surface area contributed by atoms with E-state index in [-0.39, 0.29) is 31.9 Å². The van der Waals surface area contributed by atoms with Crippen LogP contribution in [0.5, 0.6) is 5.75 Å². The van der Waals surface area contributed by atoms with Gasteiger partial charge in [0.1, 0.15) is 0 Å². The van der Waals surface area contributed by atoms with E-state index in [2.05, 4.69) is 25.5 Å². The quantitative estimate of drug-likeness (QED) is 0.314. The number of halogens is 1. The summed E-state index contributed by atoms with van der Waals surface area (Å²) in [5, 5.41) is 29.6. The van der Waals surface area contributed by atoms with Crippen molar-refractivity contribution in [1.29, 1.82) is 10.8 Å². The first-order valence-corrected chi connectivity index (χ1v) is 8.99. The van der Waals surface area contributed by atoms with Gasteiger partial charge in [-0.2, -0.15) is 10.2 Å². The van der Waals surface area contributed by atoms with E-state index in [0.29, 0.717) is 35.1 Å². The summed E-state index contributed by atoms with van der Waals surface area (Å²) in [6.07, 6.45) is 0. The van der Waals surface area contributed by atoms with Crippen molar-refractivity contribution < 1.29 is 36.6 Å². The van der Waals surface area contributed by atoms with E-state index < -0.39 is 0 Å². The largest absolute Gasteiger partial charge is 2.00 e. The van der Waals surface area contributed by atoms with E-state index in [9.17, 15) is 0 Å². The predicted molar refractivity (Wildman–Crippen MR) is 112 cm³/mol. The third-order valence-corrected chi connectivity index (χ3v) is 4.10. The van der Waals surface area contributed by atoms with Crippen molar-refractivity contribution in [3.05, 3.63) is 76.2 Å². The Morgan fingerprint density at radius 1 is 0.903 bits per heavy atom. The average molecular weight is 486 g/mol. The van der Waals surface area contributed by atoms with Crippen molar-refractivity contribution in [3.8, 4) is 5.75 Å². The van der Waals surface area contributed by atoms with Crippen molar-refractivity contribution in [2.75, 3.05) is 11.9 Å². The van der Waals surface area contributed by atoms with Gasteiger partial charge in [-0.05, 0) is 55.8 Å². The van der Waals surface area contributed by atoms with Crippen LogP contribution in [0.2, 0.25) is 0 Å². The Labute approximate surface area is 199 Å². The van der Waals surface area contributed by atoms with E-state index >= 15 is 0 Å². The van der Waals surface area contributed by atoms with Gasteiger partial charge in [0.25, 0.3) is 0 Å². The molecule has 0 aliphatic rings. The summed E-state index contributed by atoms with van der Waals surface area (Å²) in [5.74, 6) is 0.453. The second kappa shape index (κ2) is 12.3. The second-order valence-electron chi connectivity index (χ2n) is 6.16. The number of nitrogens with zero attached hydrogens (tertiary/aromatic N) is 6. The number of azo groups is 1. The normalized spacial score (nSPS) is 9.68. The molecule has 0 fully saturated rings. The van der Waals surface area contributed by atoms with E-state index in [1.165, 1.54) is 0 Å². The number of aryl methyl sites for hydroxylation is 1. The number of benzene rings is 3. The molecular weight excluding hydrogens is 467 g/mol. The number of rotatable bonds is 6. The molecule has 0 saturated heterocycles. The zero-order valence-electron chi connectivity index (χ0n) is 17.2. The Balaban J connectivity index is 0.00000240. The number of diazo groups is 2. The summed E-state index contributed by atoms with van der Waals surface area (Å²) in [6, 6.07) is 17.9. The van der Waals surface area contributed by atoms with Crippen molar-refractivity contribution >= 4 is 34.1 Å². The first-order valence-electron chi connectivity index (χ1n) is 8.99. The summed E-state index contributed by atoms with van der Waals surface area (Å²) in [6.45, 7) is 4.17. The molecule has 150 valence electrons. The second-order valence-corrected chi connectivity index (χ2v) is 6.16. The molecule has 0 spiro atoms. The van der Waals surface area contributed by atoms with Crippen LogP contribution < -0.4 is 22.5 Å². The van der Waals surface area contributed by atoms with E-state index in [0.717, 1.165) is 16.9 Å². The number of hydrogen-bond acceptors (Lipinski definition) is 6. The van der Waals surface area contributed by atoms with E-state index in [1.54, 1.807) is 24.3 Å². The van der Waals surface area contributed by atoms with Gasteiger partial charge in [-0.25, -0.2) is 0 Å². The Hall–Kier alpha value is -3.39. The van der Waals surface area contributed by atoms with Gasteiger partial charge in [0.15, 0.2) is 9.95 Å². The molecule has 0 heterocycles. The van der Waals surface area contributed by atoms with Gasteiger partial charge < -0.3 is 22.5 Å². The molecule has 0 amide bonds. The third kappa shape index (κ3) is 6.82. The minimum atomic E-state index is 0. The molecule has 0 aliphatic heterocycles. The van der Waals surface area contributed by atoms with Crippen LogP contribution in [0.4, 0.5) is 34.1 Å². The summed E-state index contributed by atoms with van der Waals surface area (Å²) in [5.41, 5.74) is 4.77. The molecule has 3 aromatic carbocycles. The van der Waals surface area contributed by atoms with Gasteiger partial charge in [0, 0.05) is 35.6 Å². The minimum Gasteiger partial charge on any atom is -1.00 e. The van der Waals surface area contributed by atoms with Gasteiger partial charge >= 0.3 is 30.9 Å². The molecular formula is C21H19ClN7OZn+3. The molecule has 3 rings (SSSR count). The van der Waals surface area contributed by atoms with Crippen molar-refractivity contribution in [1.82, 2.24) is 0 Å².